The lowest BCUT2D eigenvalue weighted by Gasteiger charge is -2.24. The fourth-order valence-corrected chi connectivity index (χ4v) is 2.66. The van der Waals surface area contributed by atoms with Gasteiger partial charge < -0.3 is 10.4 Å². The van der Waals surface area contributed by atoms with E-state index in [4.69, 9.17) is 0 Å². The van der Waals surface area contributed by atoms with Gasteiger partial charge in [-0.15, -0.1) is 0 Å². The molecule has 0 aromatic heterocycles. The molecule has 1 aliphatic heterocycles. The van der Waals surface area contributed by atoms with E-state index in [-0.39, 0.29) is 6.10 Å². The molecule has 0 bridgehead atoms. The van der Waals surface area contributed by atoms with Crippen LogP contribution in [-0.4, -0.2) is 35.3 Å². The molecular formula is C10H21NOS. The lowest BCUT2D eigenvalue weighted by molar-refractivity contribution is 0.196. The van der Waals surface area contributed by atoms with E-state index < -0.39 is 0 Å². The van der Waals surface area contributed by atoms with E-state index in [2.05, 4.69) is 12.2 Å². The second-order valence-electron chi connectivity index (χ2n) is 3.97. The molecule has 0 aliphatic carbocycles. The normalized spacial score (nSPS) is 24.2. The molecule has 13 heavy (non-hydrogen) atoms. The maximum absolute atomic E-state index is 9.32. The minimum absolute atomic E-state index is 0.174. The van der Waals surface area contributed by atoms with Gasteiger partial charge in [-0.05, 0) is 44.5 Å². The summed E-state index contributed by atoms with van der Waals surface area (Å²) in [6.45, 7) is 6.33. The Morgan fingerprint density at radius 2 is 2.00 bits per heavy atom. The minimum Gasteiger partial charge on any atom is -0.392 e. The number of rotatable bonds is 4. The quantitative estimate of drug-likeness (QED) is 0.726. The van der Waals surface area contributed by atoms with Gasteiger partial charge in [-0.25, -0.2) is 0 Å². The van der Waals surface area contributed by atoms with Gasteiger partial charge in [0.1, 0.15) is 0 Å². The molecule has 0 saturated carbocycles. The van der Waals surface area contributed by atoms with Gasteiger partial charge in [0.25, 0.3) is 0 Å². The molecule has 0 spiro atoms. The minimum atomic E-state index is -0.174. The van der Waals surface area contributed by atoms with Gasteiger partial charge in [-0.2, -0.15) is 11.8 Å². The zero-order chi connectivity index (χ0) is 9.68. The highest BCUT2D eigenvalue weighted by atomic mass is 32.2. The van der Waals surface area contributed by atoms with Crippen molar-refractivity contribution < 1.29 is 5.11 Å². The van der Waals surface area contributed by atoms with Crippen molar-refractivity contribution in [3.63, 3.8) is 0 Å². The fraction of sp³-hybridized carbons (Fsp3) is 1.00. The molecular weight excluding hydrogens is 182 g/mol. The van der Waals surface area contributed by atoms with Crippen LogP contribution in [0.5, 0.6) is 0 Å². The summed E-state index contributed by atoms with van der Waals surface area (Å²) in [4.78, 5) is 0. The van der Waals surface area contributed by atoms with Gasteiger partial charge >= 0.3 is 0 Å². The Labute approximate surface area is 85.5 Å². The third kappa shape index (κ3) is 4.34. The van der Waals surface area contributed by atoms with Crippen LogP contribution in [0.25, 0.3) is 0 Å². The average molecular weight is 203 g/mol. The molecule has 1 fully saturated rings. The predicted molar refractivity (Wildman–Crippen MR) is 59.2 cm³/mol. The van der Waals surface area contributed by atoms with Crippen LogP contribution in [0.15, 0.2) is 0 Å². The molecule has 3 heteroatoms. The van der Waals surface area contributed by atoms with Crippen molar-refractivity contribution >= 4 is 11.8 Å². The first kappa shape index (κ1) is 11.3. The van der Waals surface area contributed by atoms with Crippen LogP contribution in [0.1, 0.15) is 26.7 Å². The molecule has 0 aromatic rings. The van der Waals surface area contributed by atoms with E-state index >= 15 is 0 Å². The van der Waals surface area contributed by atoms with E-state index in [1.54, 1.807) is 0 Å². The molecule has 0 aromatic carbocycles. The van der Waals surface area contributed by atoms with E-state index in [1.807, 2.05) is 18.7 Å². The second-order valence-corrected chi connectivity index (χ2v) is 5.38. The highest BCUT2D eigenvalue weighted by Gasteiger charge is 2.16. The fourth-order valence-electron chi connectivity index (χ4n) is 1.48. The Balaban J connectivity index is 2.10. The van der Waals surface area contributed by atoms with E-state index in [1.165, 1.54) is 31.7 Å². The number of thioether (sulfide) groups is 1. The summed E-state index contributed by atoms with van der Waals surface area (Å²) in [6, 6.07) is 0. The predicted octanol–water partition coefficient (Wildman–Crippen LogP) is 1.49. The third-order valence-electron chi connectivity index (χ3n) is 2.73. The maximum atomic E-state index is 9.32. The van der Waals surface area contributed by atoms with Crippen LogP contribution in [0.2, 0.25) is 0 Å². The number of hydrogen-bond acceptors (Lipinski definition) is 3. The van der Waals surface area contributed by atoms with E-state index in [9.17, 15) is 5.11 Å². The number of piperidine rings is 1. The van der Waals surface area contributed by atoms with Crippen LogP contribution >= 0.6 is 11.8 Å². The van der Waals surface area contributed by atoms with E-state index in [0.29, 0.717) is 5.25 Å². The van der Waals surface area contributed by atoms with Crippen molar-refractivity contribution in [1.82, 2.24) is 5.32 Å². The molecule has 0 amide bonds. The van der Waals surface area contributed by atoms with Crippen LogP contribution in [0.3, 0.4) is 0 Å². The van der Waals surface area contributed by atoms with Crippen molar-refractivity contribution in [1.29, 1.82) is 0 Å². The van der Waals surface area contributed by atoms with Gasteiger partial charge in [-0.1, -0.05) is 6.92 Å². The zero-order valence-corrected chi connectivity index (χ0v) is 9.44. The Hall–Kier alpha value is 0.270. The molecule has 1 rings (SSSR count). The number of aliphatic hydroxyl groups is 1. The zero-order valence-electron chi connectivity index (χ0n) is 8.62. The lowest BCUT2D eigenvalue weighted by atomic mass is 10.0. The van der Waals surface area contributed by atoms with Gasteiger partial charge in [0.15, 0.2) is 0 Å². The topological polar surface area (TPSA) is 32.3 Å². The van der Waals surface area contributed by atoms with Gasteiger partial charge in [-0.3, -0.25) is 0 Å². The molecule has 2 atom stereocenters. The standard InChI is InChI=1S/C10H21NOS/c1-8(12)9(2)13-7-10-3-5-11-6-4-10/h8-12H,3-7H2,1-2H3. The molecule has 2 unspecified atom stereocenters. The first-order chi connectivity index (χ1) is 6.20. The summed E-state index contributed by atoms with van der Waals surface area (Å²) in [5, 5.41) is 13.1. The van der Waals surface area contributed by atoms with E-state index in [0.717, 1.165) is 5.92 Å². The van der Waals surface area contributed by atoms with Crippen molar-refractivity contribution in [2.24, 2.45) is 5.92 Å². The van der Waals surface area contributed by atoms with Crippen LogP contribution in [-0.2, 0) is 0 Å². The maximum Gasteiger partial charge on any atom is 0.0627 e. The summed E-state index contributed by atoms with van der Waals surface area (Å²) >= 11 is 1.91. The van der Waals surface area contributed by atoms with Gasteiger partial charge in [0.2, 0.25) is 0 Å². The Morgan fingerprint density at radius 1 is 1.38 bits per heavy atom. The first-order valence-corrected chi connectivity index (χ1v) is 6.25. The number of hydrogen-bond donors (Lipinski definition) is 2. The van der Waals surface area contributed by atoms with Crippen molar-refractivity contribution in [2.45, 2.75) is 38.0 Å². The Bertz CT molecular complexity index is 135. The number of aliphatic hydroxyl groups excluding tert-OH is 1. The lowest BCUT2D eigenvalue weighted by Crippen LogP contribution is -2.29. The summed E-state index contributed by atoms with van der Waals surface area (Å²) < 4.78 is 0. The molecule has 1 heterocycles. The second kappa shape index (κ2) is 5.89. The van der Waals surface area contributed by atoms with Crippen LogP contribution in [0, 0.1) is 5.92 Å². The van der Waals surface area contributed by atoms with Crippen molar-refractivity contribution in [3.05, 3.63) is 0 Å². The summed E-state index contributed by atoms with van der Waals surface area (Å²) in [7, 11) is 0. The molecule has 0 radical (unpaired) electrons. The monoisotopic (exact) mass is 203 g/mol. The third-order valence-corrected chi connectivity index (χ3v) is 4.32. The highest BCUT2D eigenvalue weighted by Crippen LogP contribution is 2.22. The highest BCUT2D eigenvalue weighted by molar-refractivity contribution is 7.99. The Morgan fingerprint density at radius 3 is 2.54 bits per heavy atom. The number of nitrogens with one attached hydrogen (secondary N) is 1. The van der Waals surface area contributed by atoms with Crippen molar-refractivity contribution in [2.75, 3.05) is 18.8 Å². The first-order valence-electron chi connectivity index (χ1n) is 5.20. The summed E-state index contributed by atoms with van der Waals surface area (Å²) in [6.07, 6.45) is 2.44. The van der Waals surface area contributed by atoms with Gasteiger partial charge in [0, 0.05) is 5.25 Å². The summed E-state index contributed by atoms with van der Waals surface area (Å²) in [5.74, 6) is 2.08. The molecule has 78 valence electrons. The van der Waals surface area contributed by atoms with Crippen LogP contribution < -0.4 is 5.32 Å². The smallest absolute Gasteiger partial charge is 0.0627 e. The van der Waals surface area contributed by atoms with Crippen molar-refractivity contribution in [3.8, 4) is 0 Å². The summed E-state index contributed by atoms with van der Waals surface area (Å²) in [5.41, 5.74) is 0. The SMILES string of the molecule is CC(O)C(C)SCC1CCNCC1. The van der Waals surface area contributed by atoms with Gasteiger partial charge in [0.05, 0.1) is 6.10 Å². The largest absolute Gasteiger partial charge is 0.392 e. The Kier molecular flexibility index (Phi) is 5.14. The molecule has 1 saturated heterocycles. The molecule has 2 nitrogen and oxygen atoms in total. The molecule has 2 N–H and O–H groups in total. The average Bonchev–Trinajstić information content (AvgIpc) is 2.15. The molecule has 1 aliphatic rings. The van der Waals surface area contributed by atoms with Crippen LogP contribution in [0.4, 0.5) is 0 Å².